The number of anilines is 1. The minimum atomic E-state index is 0.478. The molecule has 1 saturated carbocycles. The number of rotatable bonds is 3. The summed E-state index contributed by atoms with van der Waals surface area (Å²) in [6.07, 6.45) is 5.96. The fourth-order valence-corrected chi connectivity index (χ4v) is 2.15. The zero-order chi connectivity index (χ0) is 11.0. The lowest BCUT2D eigenvalue weighted by Gasteiger charge is -2.31. The van der Waals surface area contributed by atoms with Crippen LogP contribution in [0.1, 0.15) is 26.2 Å². The van der Waals surface area contributed by atoms with E-state index in [1.807, 2.05) is 24.4 Å². The number of fused-ring (bicyclic) bond motifs is 1. The molecule has 0 amide bonds. The van der Waals surface area contributed by atoms with E-state index in [4.69, 9.17) is 0 Å². The highest BCUT2D eigenvalue weighted by Gasteiger charge is 2.24. The molecule has 0 radical (unpaired) electrons. The minimum Gasteiger partial charge on any atom is -0.350 e. The van der Waals surface area contributed by atoms with E-state index in [9.17, 15) is 0 Å². The first kappa shape index (κ1) is 9.63. The van der Waals surface area contributed by atoms with Crippen LogP contribution in [0.5, 0.6) is 0 Å². The van der Waals surface area contributed by atoms with E-state index in [1.165, 1.54) is 19.3 Å². The topological polar surface area (TPSA) is 42.2 Å². The van der Waals surface area contributed by atoms with Gasteiger partial charge in [0.2, 0.25) is 5.95 Å². The van der Waals surface area contributed by atoms with Crippen LogP contribution in [0.2, 0.25) is 0 Å². The summed E-state index contributed by atoms with van der Waals surface area (Å²) in [4.78, 5) is 4.43. The summed E-state index contributed by atoms with van der Waals surface area (Å²) in [7, 11) is 0. The molecule has 0 bridgehead atoms. The van der Waals surface area contributed by atoms with Crippen LogP contribution in [0.3, 0.4) is 0 Å². The molecule has 0 aliphatic heterocycles. The predicted molar refractivity (Wildman–Crippen MR) is 63.4 cm³/mol. The van der Waals surface area contributed by atoms with Crippen molar-refractivity contribution in [3.63, 3.8) is 0 Å². The lowest BCUT2D eigenvalue weighted by molar-refractivity contribution is 0.284. The van der Waals surface area contributed by atoms with E-state index < -0.39 is 0 Å². The molecule has 1 unspecified atom stereocenters. The van der Waals surface area contributed by atoms with Crippen molar-refractivity contribution >= 4 is 11.6 Å². The Bertz CT molecular complexity index is 453. The van der Waals surface area contributed by atoms with E-state index in [2.05, 4.69) is 22.3 Å². The Kier molecular flexibility index (Phi) is 2.27. The molecule has 2 aromatic heterocycles. The molecule has 16 heavy (non-hydrogen) atoms. The first-order valence-corrected chi connectivity index (χ1v) is 5.91. The fraction of sp³-hybridized carbons (Fsp3) is 0.500. The molecular weight excluding hydrogens is 200 g/mol. The van der Waals surface area contributed by atoms with Crippen LogP contribution in [0, 0.1) is 5.92 Å². The van der Waals surface area contributed by atoms with Crippen LogP contribution < -0.4 is 5.32 Å². The van der Waals surface area contributed by atoms with Gasteiger partial charge in [-0.1, -0.05) is 12.5 Å². The second kappa shape index (κ2) is 3.77. The first-order chi connectivity index (χ1) is 7.83. The summed E-state index contributed by atoms with van der Waals surface area (Å²) in [5, 5.41) is 7.78. The quantitative estimate of drug-likeness (QED) is 0.856. The third-order valence-corrected chi connectivity index (χ3v) is 3.46. The Balaban J connectivity index is 1.78. The minimum absolute atomic E-state index is 0.478. The maximum Gasteiger partial charge on any atom is 0.243 e. The van der Waals surface area contributed by atoms with Crippen molar-refractivity contribution in [2.75, 3.05) is 5.32 Å². The van der Waals surface area contributed by atoms with Crippen molar-refractivity contribution in [3.8, 4) is 0 Å². The van der Waals surface area contributed by atoms with Gasteiger partial charge in [-0.15, -0.1) is 5.10 Å². The zero-order valence-corrected chi connectivity index (χ0v) is 9.43. The molecule has 1 atom stereocenters. The molecular formula is C12H16N4. The van der Waals surface area contributed by atoms with E-state index in [0.717, 1.165) is 17.5 Å². The number of hydrogen-bond acceptors (Lipinski definition) is 3. The average molecular weight is 216 g/mol. The van der Waals surface area contributed by atoms with Crippen molar-refractivity contribution < 1.29 is 0 Å². The molecule has 84 valence electrons. The summed E-state index contributed by atoms with van der Waals surface area (Å²) < 4.78 is 1.80. The molecule has 2 heterocycles. The molecule has 0 aromatic carbocycles. The van der Waals surface area contributed by atoms with Crippen molar-refractivity contribution in [1.82, 2.24) is 14.6 Å². The van der Waals surface area contributed by atoms with Gasteiger partial charge in [-0.25, -0.2) is 4.52 Å². The van der Waals surface area contributed by atoms with Crippen LogP contribution in [0.25, 0.3) is 5.65 Å². The molecule has 2 aromatic rings. The fourth-order valence-electron chi connectivity index (χ4n) is 2.15. The number of nitrogens with zero attached hydrogens (tertiary/aromatic N) is 3. The van der Waals surface area contributed by atoms with Crippen LogP contribution >= 0.6 is 0 Å². The standard InChI is InChI=1S/C12H16N4/c1-9(10-5-4-6-10)13-12-14-11-7-2-3-8-16(11)15-12/h2-3,7-10H,4-6H2,1H3,(H,13,15). The van der Waals surface area contributed by atoms with Gasteiger partial charge in [-0.2, -0.15) is 4.98 Å². The normalized spacial score (nSPS) is 18.3. The highest BCUT2D eigenvalue weighted by atomic mass is 15.3. The van der Waals surface area contributed by atoms with Crippen molar-refractivity contribution in [1.29, 1.82) is 0 Å². The van der Waals surface area contributed by atoms with Gasteiger partial charge in [0.15, 0.2) is 5.65 Å². The largest absolute Gasteiger partial charge is 0.350 e. The van der Waals surface area contributed by atoms with Gasteiger partial charge < -0.3 is 5.32 Å². The number of pyridine rings is 1. The maximum absolute atomic E-state index is 4.43. The summed E-state index contributed by atoms with van der Waals surface area (Å²) in [6.45, 7) is 2.22. The molecule has 0 spiro atoms. The molecule has 1 N–H and O–H groups in total. The third-order valence-electron chi connectivity index (χ3n) is 3.46. The van der Waals surface area contributed by atoms with Gasteiger partial charge in [0, 0.05) is 12.2 Å². The summed E-state index contributed by atoms with van der Waals surface area (Å²) >= 11 is 0. The monoisotopic (exact) mass is 216 g/mol. The first-order valence-electron chi connectivity index (χ1n) is 5.91. The van der Waals surface area contributed by atoms with Crippen molar-refractivity contribution in [2.45, 2.75) is 32.2 Å². The molecule has 3 rings (SSSR count). The molecule has 1 fully saturated rings. The number of hydrogen-bond donors (Lipinski definition) is 1. The van der Waals surface area contributed by atoms with Gasteiger partial charge in [-0.05, 0) is 37.8 Å². The summed E-state index contributed by atoms with van der Waals surface area (Å²) in [5.41, 5.74) is 0.894. The second-order valence-electron chi connectivity index (χ2n) is 4.56. The molecule has 1 aliphatic rings. The van der Waals surface area contributed by atoms with Gasteiger partial charge in [0.1, 0.15) is 0 Å². The highest BCUT2D eigenvalue weighted by molar-refractivity contribution is 5.43. The van der Waals surface area contributed by atoms with E-state index in [-0.39, 0.29) is 0 Å². The maximum atomic E-state index is 4.43. The lowest BCUT2D eigenvalue weighted by Crippen LogP contribution is -2.31. The predicted octanol–water partition coefficient (Wildman–Crippen LogP) is 2.33. The Morgan fingerprint density at radius 1 is 1.44 bits per heavy atom. The van der Waals surface area contributed by atoms with Crippen LogP contribution in [0.4, 0.5) is 5.95 Å². The average Bonchev–Trinajstić information content (AvgIpc) is 2.56. The van der Waals surface area contributed by atoms with Crippen LogP contribution in [-0.2, 0) is 0 Å². The lowest BCUT2D eigenvalue weighted by atomic mass is 9.80. The Labute approximate surface area is 94.7 Å². The Morgan fingerprint density at radius 3 is 3.00 bits per heavy atom. The summed E-state index contributed by atoms with van der Waals surface area (Å²) in [5.74, 6) is 1.54. The number of aromatic nitrogens is 3. The van der Waals surface area contributed by atoms with E-state index in [1.54, 1.807) is 4.52 Å². The molecule has 1 aliphatic carbocycles. The van der Waals surface area contributed by atoms with Crippen molar-refractivity contribution in [3.05, 3.63) is 24.4 Å². The van der Waals surface area contributed by atoms with Gasteiger partial charge >= 0.3 is 0 Å². The molecule has 4 heteroatoms. The third kappa shape index (κ3) is 1.64. The SMILES string of the molecule is CC(Nc1nc2ccccn2n1)C1CCC1. The Morgan fingerprint density at radius 2 is 2.31 bits per heavy atom. The smallest absolute Gasteiger partial charge is 0.243 e. The Hall–Kier alpha value is -1.58. The van der Waals surface area contributed by atoms with E-state index >= 15 is 0 Å². The highest BCUT2D eigenvalue weighted by Crippen LogP contribution is 2.30. The van der Waals surface area contributed by atoms with Crippen LogP contribution in [-0.4, -0.2) is 20.6 Å². The molecule has 4 nitrogen and oxygen atoms in total. The van der Waals surface area contributed by atoms with Crippen molar-refractivity contribution in [2.24, 2.45) is 5.92 Å². The van der Waals surface area contributed by atoms with E-state index in [0.29, 0.717) is 6.04 Å². The molecule has 0 saturated heterocycles. The van der Waals surface area contributed by atoms with Gasteiger partial charge in [0.05, 0.1) is 0 Å². The van der Waals surface area contributed by atoms with Gasteiger partial charge in [-0.3, -0.25) is 0 Å². The van der Waals surface area contributed by atoms with Crippen LogP contribution in [0.15, 0.2) is 24.4 Å². The van der Waals surface area contributed by atoms with Gasteiger partial charge in [0.25, 0.3) is 0 Å². The zero-order valence-electron chi connectivity index (χ0n) is 9.43. The second-order valence-corrected chi connectivity index (χ2v) is 4.56. The summed E-state index contributed by atoms with van der Waals surface area (Å²) in [6, 6.07) is 6.38. The number of nitrogens with one attached hydrogen (secondary N) is 1.